The van der Waals surface area contributed by atoms with Crippen LogP contribution in [0.1, 0.15) is 15.6 Å². The Kier molecular flexibility index (Phi) is 6.40. The van der Waals surface area contributed by atoms with Gasteiger partial charge in [0.25, 0.3) is 0 Å². The van der Waals surface area contributed by atoms with Gasteiger partial charge in [0.2, 0.25) is 0 Å². The summed E-state index contributed by atoms with van der Waals surface area (Å²) in [4.78, 5) is 8.97. The van der Waals surface area contributed by atoms with Crippen LogP contribution in [0.3, 0.4) is 0 Å². The van der Waals surface area contributed by atoms with Gasteiger partial charge in [0.1, 0.15) is 0 Å². The van der Waals surface area contributed by atoms with E-state index >= 15 is 0 Å². The summed E-state index contributed by atoms with van der Waals surface area (Å²) in [6.07, 6.45) is -3.05. The number of alkyl halides is 3. The molecular formula is C14H17F3N4S2. The van der Waals surface area contributed by atoms with E-state index in [4.69, 9.17) is 0 Å². The van der Waals surface area contributed by atoms with Crippen molar-refractivity contribution in [3.63, 3.8) is 0 Å². The Balaban J connectivity index is 1.70. The molecule has 0 radical (unpaired) electrons. The molecule has 4 nitrogen and oxygen atoms in total. The fourth-order valence-electron chi connectivity index (χ4n) is 1.82. The normalized spacial score (nSPS) is 12.4. The number of thiazole rings is 1. The number of nitrogens with zero attached hydrogens (tertiary/aromatic N) is 2. The molecule has 0 aliphatic rings. The molecule has 2 heterocycles. The molecule has 9 heteroatoms. The van der Waals surface area contributed by atoms with E-state index in [9.17, 15) is 13.2 Å². The van der Waals surface area contributed by atoms with Gasteiger partial charge >= 0.3 is 6.18 Å². The Morgan fingerprint density at radius 3 is 2.52 bits per heavy atom. The molecule has 126 valence electrons. The molecule has 2 aromatic rings. The minimum absolute atomic E-state index is 0.423. The van der Waals surface area contributed by atoms with Gasteiger partial charge < -0.3 is 10.6 Å². The van der Waals surface area contributed by atoms with Gasteiger partial charge in [-0.2, -0.15) is 13.2 Å². The zero-order valence-electron chi connectivity index (χ0n) is 12.5. The van der Waals surface area contributed by atoms with Crippen molar-refractivity contribution in [1.82, 2.24) is 15.6 Å². The molecule has 0 saturated heterocycles. The lowest BCUT2D eigenvalue weighted by molar-refractivity contribution is -0.140. The lowest BCUT2D eigenvalue weighted by Gasteiger charge is -2.10. The third-order valence-corrected chi connectivity index (χ3v) is 4.79. The zero-order valence-corrected chi connectivity index (χ0v) is 14.1. The van der Waals surface area contributed by atoms with Crippen LogP contribution in [-0.4, -0.2) is 31.1 Å². The van der Waals surface area contributed by atoms with Gasteiger partial charge in [-0.25, -0.2) is 4.98 Å². The quantitative estimate of drug-likeness (QED) is 0.613. The van der Waals surface area contributed by atoms with Crippen LogP contribution < -0.4 is 10.6 Å². The van der Waals surface area contributed by atoms with Gasteiger partial charge in [0, 0.05) is 36.8 Å². The number of rotatable bonds is 6. The van der Waals surface area contributed by atoms with Crippen molar-refractivity contribution in [3.8, 4) is 0 Å². The topological polar surface area (TPSA) is 49.3 Å². The van der Waals surface area contributed by atoms with E-state index in [-0.39, 0.29) is 0 Å². The van der Waals surface area contributed by atoms with E-state index in [0.717, 1.165) is 29.7 Å². The standard InChI is InChI=1S/C14H17F3N4S2/c1-18-13(19-6-4-10-3-2-8-22-10)20-7-5-12-21-11(9-23-12)14(15,16)17/h2-3,8-9H,4-7H2,1H3,(H2,18,19,20). The number of hydrogen-bond donors (Lipinski definition) is 2. The molecule has 0 aliphatic heterocycles. The molecule has 2 N–H and O–H groups in total. The average molecular weight is 362 g/mol. The monoisotopic (exact) mass is 362 g/mol. The fraction of sp³-hybridized carbons (Fsp3) is 0.429. The van der Waals surface area contributed by atoms with E-state index in [1.54, 1.807) is 18.4 Å². The van der Waals surface area contributed by atoms with Crippen LogP contribution in [0.4, 0.5) is 13.2 Å². The highest BCUT2D eigenvalue weighted by molar-refractivity contribution is 7.10. The maximum Gasteiger partial charge on any atom is 0.434 e. The Hall–Kier alpha value is -1.61. The van der Waals surface area contributed by atoms with Crippen LogP contribution in [0.25, 0.3) is 0 Å². The van der Waals surface area contributed by atoms with Crippen LogP contribution in [0, 0.1) is 0 Å². The van der Waals surface area contributed by atoms with E-state index in [2.05, 4.69) is 26.7 Å². The number of aromatic nitrogens is 1. The molecule has 0 fully saturated rings. The number of aliphatic imine (C=N–C) groups is 1. The molecule has 0 amide bonds. The Morgan fingerprint density at radius 1 is 1.22 bits per heavy atom. The van der Waals surface area contributed by atoms with Crippen molar-refractivity contribution in [2.45, 2.75) is 19.0 Å². The highest BCUT2D eigenvalue weighted by Crippen LogP contribution is 2.29. The van der Waals surface area contributed by atoms with Gasteiger partial charge in [0.05, 0.1) is 5.01 Å². The summed E-state index contributed by atoms with van der Waals surface area (Å²) in [5, 5.41) is 9.78. The smallest absolute Gasteiger partial charge is 0.356 e. The molecule has 0 unspecified atom stereocenters. The Bertz CT molecular complexity index is 620. The molecule has 0 aromatic carbocycles. The predicted molar refractivity (Wildman–Crippen MR) is 88.2 cm³/mol. The largest absolute Gasteiger partial charge is 0.434 e. The lowest BCUT2D eigenvalue weighted by atomic mass is 10.3. The molecular weight excluding hydrogens is 345 g/mol. The van der Waals surface area contributed by atoms with Crippen molar-refractivity contribution in [2.75, 3.05) is 20.1 Å². The average Bonchev–Trinajstić information content (AvgIpc) is 3.16. The first-order chi connectivity index (χ1) is 11.0. The summed E-state index contributed by atoms with van der Waals surface area (Å²) in [6, 6.07) is 4.08. The molecule has 0 aliphatic carbocycles. The third-order valence-electron chi connectivity index (χ3n) is 2.94. The van der Waals surface area contributed by atoms with Crippen molar-refractivity contribution in [1.29, 1.82) is 0 Å². The van der Waals surface area contributed by atoms with Crippen LogP contribution in [0.2, 0.25) is 0 Å². The molecule has 0 bridgehead atoms. The van der Waals surface area contributed by atoms with Crippen LogP contribution in [0.15, 0.2) is 27.9 Å². The summed E-state index contributed by atoms with van der Waals surface area (Å²) in [5.74, 6) is 0.633. The number of nitrogens with one attached hydrogen (secondary N) is 2. The maximum absolute atomic E-state index is 12.5. The van der Waals surface area contributed by atoms with E-state index in [1.165, 1.54) is 4.88 Å². The molecule has 2 aromatic heterocycles. The molecule has 2 rings (SSSR count). The maximum atomic E-state index is 12.5. The predicted octanol–water partition coefficient (Wildman–Crippen LogP) is 3.17. The van der Waals surface area contributed by atoms with Crippen molar-refractivity contribution >= 4 is 28.6 Å². The fourth-order valence-corrected chi connectivity index (χ4v) is 3.34. The number of halogens is 3. The Morgan fingerprint density at radius 2 is 1.96 bits per heavy atom. The SMILES string of the molecule is CN=C(NCCc1cccs1)NCCc1nc(C(F)(F)F)cs1. The highest BCUT2D eigenvalue weighted by atomic mass is 32.1. The first-order valence-corrected chi connectivity index (χ1v) is 8.73. The highest BCUT2D eigenvalue weighted by Gasteiger charge is 2.33. The van der Waals surface area contributed by atoms with Gasteiger partial charge in [-0.1, -0.05) is 6.07 Å². The minimum atomic E-state index is -4.37. The third kappa shape index (κ3) is 5.83. The Labute approximate surface area is 140 Å². The molecule has 0 saturated carbocycles. The first-order valence-electron chi connectivity index (χ1n) is 6.97. The summed E-state index contributed by atoms with van der Waals surface area (Å²) >= 11 is 2.72. The van der Waals surface area contributed by atoms with Crippen LogP contribution in [-0.2, 0) is 19.0 Å². The summed E-state index contributed by atoms with van der Waals surface area (Å²) in [5.41, 5.74) is -0.823. The number of guanidine groups is 1. The van der Waals surface area contributed by atoms with Gasteiger partial charge in [0.15, 0.2) is 11.7 Å². The number of thiophene rings is 1. The summed E-state index contributed by atoms with van der Waals surface area (Å²) in [7, 11) is 1.66. The van der Waals surface area contributed by atoms with E-state index < -0.39 is 11.9 Å². The van der Waals surface area contributed by atoms with Gasteiger partial charge in [-0.05, 0) is 17.9 Å². The van der Waals surface area contributed by atoms with Crippen LogP contribution >= 0.6 is 22.7 Å². The second-order valence-electron chi connectivity index (χ2n) is 4.63. The van der Waals surface area contributed by atoms with Crippen molar-refractivity contribution in [2.24, 2.45) is 4.99 Å². The first kappa shape index (κ1) is 17.7. The molecule has 23 heavy (non-hydrogen) atoms. The van der Waals surface area contributed by atoms with E-state index in [0.29, 0.717) is 23.9 Å². The zero-order chi connectivity index (χ0) is 16.7. The van der Waals surface area contributed by atoms with Crippen molar-refractivity contribution < 1.29 is 13.2 Å². The lowest BCUT2D eigenvalue weighted by Crippen LogP contribution is -2.39. The minimum Gasteiger partial charge on any atom is -0.356 e. The summed E-state index contributed by atoms with van der Waals surface area (Å²) < 4.78 is 37.4. The second kappa shape index (κ2) is 8.30. The van der Waals surface area contributed by atoms with Crippen LogP contribution in [0.5, 0.6) is 0 Å². The number of hydrogen-bond acceptors (Lipinski definition) is 4. The molecule has 0 atom stereocenters. The van der Waals surface area contributed by atoms with E-state index in [1.807, 2.05) is 11.4 Å². The van der Waals surface area contributed by atoms with Gasteiger partial charge in [-0.3, -0.25) is 4.99 Å². The summed E-state index contributed by atoms with van der Waals surface area (Å²) in [6.45, 7) is 1.22. The molecule has 0 spiro atoms. The second-order valence-corrected chi connectivity index (χ2v) is 6.60. The van der Waals surface area contributed by atoms with Crippen molar-refractivity contribution in [3.05, 3.63) is 38.5 Å². The van der Waals surface area contributed by atoms with Gasteiger partial charge in [-0.15, -0.1) is 22.7 Å².